The number of aliphatic carboxylic acids is 1. The van der Waals surface area contributed by atoms with Crippen LogP contribution in [0.3, 0.4) is 0 Å². The Morgan fingerprint density at radius 1 is 1.57 bits per heavy atom. The molecule has 0 saturated carbocycles. The summed E-state index contributed by atoms with van der Waals surface area (Å²) < 4.78 is 31.5. The lowest BCUT2D eigenvalue weighted by atomic mass is 10.7. The van der Waals surface area contributed by atoms with Crippen molar-refractivity contribution in [2.24, 2.45) is 0 Å². The second kappa shape index (κ2) is 1.40. The van der Waals surface area contributed by atoms with Gasteiger partial charge in [0.05, 0.1) is 0 Å². The average molecular weight is 114 g/mol. The molecule has 0 radical (unpaired) electrons. The molecule has 0 saturated heterocycles. The van der Waals surface area contributed by atoms with Gasteiger partial charge in [-0.1, -0.05) is 0 Å². The quantitative estimate of drug-likeness (QED) is 0.422. The lowest BCUT2D eigenvalue weighted by Gasteiger charge is -2.03. The van der Waals surface area contributed by atoms with E-state index in [9.17, 15) is 13.2 Å². The van der Waals surface area contributed by atoms with Gasteiger partial charge in [0.1, 0.15) is 5.97 Å². The minimum Gasteiger partial charge on any atom is -1.00 e. The third kappa shape index (κ3) is 2.02. The number of hydrogen-bond acceptors (Lipinski definition) is 2. The number of carboxylic acid groups (broad SMARTS) is 1. The van der Waals surface area contributed by atoms with Crippen LogP contribution in [0.25, 0.3) is 0 Å². The maximum absolute atomic E-state index is 10.5. The van der Waals surface area contributed by atoms with Gasteiger partial charge in [-0.05, 0) is 0 Å². The van der Waals surface area contributed by atoms with Crippen LogP contribution in [-0.2, 0) is 4.79 Å². The fraction of sp³-hybridized carbons (Fsp3) is 0.500. The van der Waals surface area contributed by atoms with E-state index in [-0.39, 0.29) is 1.43 Å². The van der Waals surface area contributed by atoms with Gasteiger partial charge in [-0.3, -0.25) is 0 Å². The van der Waals surface area contributed by atoms with Crippen molar-refractivity contribution < 1.29 is 24.5 Å². The van der Waals surface area contributed by atoms with Crippen LogP contribution in [0.5, 0.6) is 0 Å². The van der Waals surface area contributed by atoms with Gasteiger partial charge < -0.3 is 11.3 Å². The van der Waals surface area contributed by atoms with Crippen LogP contribution < -0.4 is 5.11 Å². The molecule has 0 bridgehead atoms. The summed E-state index contributed by atoms with van der Waals surface area (Å²) in [5.74, 6) is -3.01. The summed E-state index contributed by atoms with van der Waals surface area (Å²) in [4.78, 5) is 8.78. The first kappa shape index (κ1) is 6.26. The van der Waals surface area contributed by atoms with Crippen molar-refractivity contribution in [2.75, 3.05) is 0 Å². The summed E-state index contributed by atoms with van der Waals surface area (Å²) in [6.07, 6.45) is -5.19. The van der Waals surface area contributed by atoms with Gasteiger partial charge in [-0.15, -0.1) is 0 Å². The molecule has 0 rings (SSSR count). The summed E-state index contributed by atoms with van der Waals surface area (Å²) in [5.41, 5.74) is 0. The molecular weight excluding hydrogens is 113 g/mol. The Bertz CT molecular complexity index is 87.8. The lowest BCUT2D eigenvalue weighted by molar-refractivity contribution is -0.344. The van der Waals surface area contributed by atoms with Crippen molar-refractivity contribution in [2.45, 2.75) is 6.18 Å². The molecule has 0 aliphatic carbocycles. The third-order valence-electron chi connectivity index (χ3n) is 0.231. The highest BCUT2D eigenvalue weighted by molar-refractivity contribution is 5.70. The molecule has 0 aliphatic heterocycles. The molecule has 7 heavy (non-hydrogen) atoms. The second-order valence-corrected chi connectivity index (χ2v) is 0.785. The first-order chi connectivity index (χ1) is 2.94. The van der Waals surface area contributed by atoms with Crippen LogP contribution in [0.2, 0.25) is 0 Å². The van der Waals surface area contributed by atoms with Crippen LogP contribution >= 0.6 is 0 Å². The number of carbonyl (C=O) groups excluding carboxylic acids is 1. The molecule has 0 amide bonds. The fourth-order valence-electron chi connectivity index (χ4n) is 0. The first-order valence-corrected chi connectivity index (χ1v) is 1.23. The Balaban J connectivity index is 0. The molecule has 0 spiro atoms. The third-order valence-corrected chi connectivity index (χ3v) is 0.231. The van der Waals surface area contributed by atoms with E-state index in [0.717, 1.165) is 0 Å². The molecule has 0 N–H and O–H groups in total. The van der Waals surface area contributed by atoms with Gasteiger partial charge in [0.2, 0.25) is 0 Å². The number of halogens is 3. The Kier molecular flexibility index (Phi) is 1.25. The smallest absolute Gasteiger partial charge is 0.430 e. The standard InChI is InChI=1S/C2HF3O2.H/c3-2(4,5)1(6)7;/h(H,6,7);/q;-1/p-1. The van der Waals surface area contributed by atoms with Crippen LogP contribution in [0.4, 0.5) is 13.2 Å². The Morgan fingerprint density at radius 2 is 1.71 bits per heavy atom. The summed E-state index contributed by atoms with van der Waals surface area (Å²) in [6, 6.07) is 0. The molecule has 0 aromatic rings. The van der Waals surface area contributed by atoms with E-state index in [2.05, 4.69) is 0 Å². The molecule has 0 fully saturated rings. The van der Waals surface area contributed by atoms with Crippen molar-refractivity contribution in [3.8, 4) is 0 Å². The van der Waals surface area contributed by atoms with E-state index >= 15 is 0 Å². The molecule has 2 nitrogen and oxygen atoms in total. The fourth-order valence-corrected chi connectivity index (χ4v) is 0. The molecule has 0 unspecified atom stereocenters. The summed E-state index contributed by atoms with van der Waals surface area (Å²) >= 11 is 0. The summed E-state index contributed by atoms with van der Waals surface area (Å²) in [6.45, 7) is 0. The highest BCUT2D eigenvalue weighted by Gasteiger charge is 2.28. The molecule has 0 aromatic heterocycles. The maximum Gasteiger partial charge on any atom is 0.430 e. The minimum atomic E-state index is -5.19. The van der Waals surface area contributed by atoms with Crippen molar-refractivity contribution in [1.29, 1.82) is 0 Å². The molecule has 0 heterocycles. The summed E-state index contributed by atoms with van der Waals surface area (Å²) in [5, 5.41) is 8.78. The van der Waals surface area contributed by atoms with E-state index in [1.54, 1.807) is 0 Å². The molecule has 0 atom stereocenters. The maximum atomic E-state index is 10.5. The number of hydrogen-bond donors (Lipinski definition) is 0. The molecule has 0 aromatic carbocycles. The number of rotatable bonds is 0. The lowest BCUT2D eigenvalue weighted by Crippen LogP contribution is -2.37. The highest BCUT2D eigenvalue weighted by Crippen LogP contribution is 2.11. The SMILES string of the molecule is O=C([O-])C(F)(F)F.[H-]. The van der Waals surface area contributed by atoms with Gasteiger partial charge in [-0.25, -0.2) is 0 Å². The largest absolute Gasteiger partial charge is 1.00 e. The van der Waals surface area contributed by atoms with Gasteiger partial charge in [0, 0.05) is 0 Å². The van der Waals surface area contributed by atoms with Crippen LogP contribution in [-0.4, -0.2) is 12.1 Å². The molecule has 0 aliphatic rings. The number of carboxylic acids is 1. The average Bonchev–Trinajstić information content (AvgIpc) is 1.31. The number of carbonyl (C=O) groups is 1. The van der Waals surface area contributed by atoms with E-state index < -0.39 is 12.1 Å². The van der Waals surface area contributed by atoms with Crippen LogP contribution in [0, 0.1) is 0 Å². The number of alkyl halides is 3. The normalized spacial score (nSPS) is 11.3. The van der Waals surface area contributed by atoms with Crippen LogP contribution in [0.1, 0.15) is 1.43 Å². The van der Waals surface area contributed by atoms with E-state index in [4.69, 9.17) is 9.90 Å². The van der Waals surface area contributed by atoms with Crippen molar-refractivity contribution in [3.63, 3.8) is 0 Å². The van der Waals surface area contributed by atoms with E-state index in [1.165, 1.54) is 0 Å². The molecule has 44 valence electrons. The van der Waals surface area contributed by atoms with Crippen molar-refractivity contribution in [3.05, 3.63) is 0 Å². The van der Waals surface area contributed by atoms with E-state index in [1.807, 2.05) is 0 Å². The molecular formula is C2HF3O2-2. The van der Waals surface area contributed by atoms with Gasteiger partial charge in [-0.2, -0.15) is 13.2 Å². The predicted molar refractivity (Wildman–Crippen MR) is 12.2 cm³/mol. The highest BCUT2D eigenvalue weighted by atomic mass is 19.4. The second-order valence-electron chi connectivity index (χ2n) is 0.785. The van der Waals surface area contributed by atoms with E-state index in [0.29, 0.717) is 0 Å². The van der Waals surface area contributed by atoms with Crippen LogP contribution in [0.15, 0.2) is 0 Å². The Hall–Kier alpha value is -0.740. The van der Waals surface area contributed by atoms with Crippen molar-refractivity contribution in [1.82, 2.24) is 0 Å². The zero-order chi connectivity index (χ0) is 6.08. The predicted octanol–water partition coefficient (Wildman–Crippen LogP) is -0.589. The minimum absolute atomic E-state index is 0. The zero-order valence-electron chi connectivity index (χ0n) is 3.95. The Labute approximate surface area is 38.0 Å². The first-order valence-electron chi connectivity index (χ1n) is 1.23. The zero-order valence-corrected chi connectivity index (χ0v) is 2.95. The Morgan fingerprint density at radius 3 is 1.71 bits per heavy atom. The van der Waals surface area contributed by atoms with Gasteiger partial charge >= 0.3 is 6.18 Å². The topological polar surface area (TPSA) is 40.1 Å². The molecule has 5 heteroatoms. The van der Waals surface area contributed by atoms with Gasteiger partial charge in [0.25, 0.3) is 0 Å². The monoisotopic (exact) mass is 114 g/mol. The van der Waals surface area contributed by atoms with Gasteiger partial charge in [0.15, 0.2) is 0 Å². The summed E-state index contributed by atoms with van der Waals surface area (Å²) in [7, 11) is 0. The van der Waals surface area contributed by atoms with Crippen molar-refractivity contribution >= 4 is 5.97 Å².